The molecule has 12 nitrogen and oxygen atoms in total. The number of allylic oxidation sites excluding steroid dienone is 1. The molecule has 0 saturated carbocycles. The number of carbonyl (C=O) groups is 2. The number of anilines is 2. The average molecular weight is 644 g/mol. The Morgan fingerprint density at radius 1 is 1.17 bits per heavy atom. The summed E-state index contributed by atoms with van der Waals surface area (Å²) in [4.78, 5) is 39.6. The molecule has 1 aliphatic heterocycles. The van der Waals surface area contributed by atoms with Gasteiger partial charge in [0.15, 0.2) is 6.54 Å². The number of fused-ring (bicyclic) bond motifs is 1. The average Bonchev–Trinajstić information content (AvgIpc) is 3.38. The number of aliphatic hydroxyl groups is 1. The quantitative estimate of drug-likeness (QED) is 0.198. The minimum Gasteiger partial charge on any atom is -0.477 e. The number of hydrogen-bond donors (Lipinski definition) is 3. The summed E-state index contributed by atoms with van der Waals surface area (Å²) in [5.74, 6) is -1.89. The summed E-state index contributed by atoms with van der Waals surface area (Å²) < 4.78 is 47.3. The topological polar surface area (TPSA) is 162 Å². The Hall–Kier alpha value is -4.94. The number of methoxy groups -OCH3 is 1. The van der Waals surface area contributed by atoms with Gasteiger partial charge in [0.2, 0.25) is 5.95 Å². The van der Waals surface area contributed by atoms with E-state index >= 15 is 0 Å². The Morgan fingerprint density at radius 3 is 2.52 bits per heavy atom. The number of benzene rings is 2. The number of H-pyrrole nitrogens is 1. The van der Waals surface area contributed by atoms with E-state index < -0.39 is 35.4 Å². The van der Waals surface area contributed by atoms with Gasteiger partial charge in [0, 0.05) is 30.8 Å². The fourth-order valence-electron chi connectivity index (χ4n) is 5.94. The summed E-state index contributed by atoms with van der Waals surface area (Å²) in [5.41, 5.74) is -0.177. The van der Waals surface area contributed by atoms with Gasteiger partial charge in [-0.1, -0.05) is 12.1 Å². The van der Waals surface area contributed by atoms with E-state index in [0.717, 1.165) is 23.8 Å². The Bertz CT molecular complexity index is 1760. The van der Waals surface area contributed by atoms with Crippen LogP contribution in [0.4, 0.5) is 24.8 Å². The molecule has 244 valence electrons. The van der Waals surface area contributed by atoms with Crippen LogP contribution in [0.2, 0.25) is 0 Å². The molecule has 0 aliphatic carbocycles. The van der Waals surface area contributed by atoms with Gasteiger partial charge in [-0.15, -0.1) is 5.10 Å². The highest BCUT2D eigenvalue weighted by Gasteiger charge is 2.41. The number of carboxylic acid groups (broad SMARTS) is 1. The number of quaternary nitrogens is 1. The van der Waals surface area contributed by atoms with Gasteiger partial charge < -0.3 is 19.4 Å². The third-order valence-electron chi connectivity index (χ3n) is 8.06. The molecule has 2 atom stereocenters. The van der Waals surface area contributed by atoms with E-state index in [1.54, 1.807) is 19.2 Å². The molecular weight excluding hydrogens is 609 g/mol. The first-order valence-electron chi connectivity index (χ1n) is 14.4. The van der Waals surface area contributed by atoms with E-state index in [2.05, 4.69) is 16.3 Å². The number of esters is 1. The number of alkyl halides is 3. The number of nitrogens with zero attached hydrogens (tertiary/aromatic N) is 5. The van der Waals surface area contributed by atoms with E-state index in [4.69, 9.17) is 4.74 Å². The van der Waals surface area contributed by atoms with Crippen LogP contribution in [0.25, 0.3) is 0 Å². The zero-order valence-corrected chi connectivity index (χ0v) is 25.5. The number of aromatic amines is 1. The van der Waals surface area contributed by atoms with E-state index in [-0.39, 0.29) is 40.5 Å². The summed E-state index contributed by atoms with van der Waals surface area (Å²) in [5, 5.41) is 34.9. The Balaban J connectivity index is 1.86. The predicted octanol–water partition coefficient (Wildman–Crippen LogP) is 3.50. The number of aryl methyl sites for hydroxylation is 1. The number of halogens is 3. The van der Waals surface area contributed by atoms with Gasteiger partial charge in [-0.2, -0.15) is 18.4 Å². The van der Waals surface area contributed by atoms with Crippen molar-refractivity contribution in [1.29, 1.82) is 5.26 Å². The number of carboxylic acids is 1. The molecule has 0 radical (unpaired) electrons. The highest BCUT2D eigenvalue weighted by atomic mass is 19.4. The lowest BCUT2D eigenvalue weighted by Crippen LogP contribution is -2.49. The van der Waals surface area contributed by atoms with Crippen LogP contribution in [0.3, 0.4) is 0 Å². The first-order valence-corrected chi connectivity index (χ1v) is 14.4. The summed E-state index contributed by atoms with van der Waals surface area (Å²) in [6.07, 6.45) is -3.48. The Labute approximate surface area is 262 Å². The second-order valence-electron chi connectivity index (χ2n) is 11.3. The first kappa shape index (κ1) is 33.9. The van der Waals surface area contributed by atoms with Crippen molar-refractivity contribution in [2.75, 3.05) is 45.3 Å². The molecule has 4 rings (SSSR count). The van der Waals surface area contributed by atoms with Gasteiger partial charge in [0.05, 0.1) is 50.0 Å². The van der Waals surface area contributed by atoms with Gasteiger partial charge >= 0.3 is 23.8 Å². The number of carbonyl (C=O) groups excluding carboxylic acids is 1. The molecule has 0 bridgehead atoms. The summed E-state index contributed by atoms with van der Waals surface area (Å²) in [7, 11) is 2.92. The third-order valence-corrected chi connectivity index (χ3v) is 8.06. The minimum atomic E-state index is -4.66. The fraction of sp³-hybridized carbons (Fsp3) is 0.387. The summed E-state index contributed by atoms with van der Waals surface area (Å²) in [6.45, 7) is 2.09. The molecule has 1 aromatic heterocycles. The molecule has 0 spiro atoms. The van der Waals surface area contributed by atoms with Gasteiger partial charge in [-0.3, -0.25) is 4.90 Å². The van der Waals surface area contributed by atoms with Crippen molar-refractivity contribution in [3.63, 3.8) is 0 Å². The van der Waals surface area contributed by atoms with Crippen LogP contribution in [0.5, 0.6) is 0 Å². The first-order chi connectivity index (χ1) is 21.7. The highest BCUT2D eigenvalue weighted by Crippen LogP contribution is 2.43. The predicted molar refractivity (Wildman–Crippen MR) is 159 cm³/mol. The Kier molecular flexibility index (Phi) is 10.0. The van der Waals surface area contributed by atoms with Crippen molar-refractivity contribution in [3.05, 3.63) is 86.5 Å². The number of aliphatic carboxylic acids is 1. The number of hydrogen-bond acceptors (Lipinski definition) is 8. The third kappa shape index (κ3) is 6.98. The van der Waals surface area contributed by atoms with Crippen molar-refractivity contribution >= 4 is 23.6 Å². The van der Waals surface area contributed by atoms with Crippen LogP contribution in [0, 0.1) is 11.3 Å². The normalized spacial score (nSPS) is 16.0. The van der Waals surface area contributed by atoms with Gasteiger partial charge in [0.25, 0.3) is 0 Å². The molecule has 0 amide bonds. The SMILES string of the molecule is COC(=O)C1=C(C)N(c2cccc(C(F)(F)F)c2)c2n[nH]c(=O)n2[C@@H]1c1ccc(C#N)cc1CCC[N+](C)(CCCO)CC(=O)O. The van der Waals surface area contributed by atoms with E-state index in [0.29, 0.717) is 49.0 Å². The van der Waals surface area contributed by atoms with Crippen LogP contribution in [0.1, 0.15) is 48.1 Å². The Morgan fingerprint density at radius 2 is 1.89 bits per heavy atom. The standard InChI is InChI=1S/C31H33F3N6O6/c1-19-26(28(44)46-3)27(39-29(36-37-30(39)45)38(19)23-9-4-8-22(16-23)31(32,33)34)24-11-10-20(17-35)15-21(24)7-5-12-40(2,13-6-14-41)18-25(42)43/h4,8-11,15-16,27,41H,5-7,12-14,18H2,1-3H3,(H-,37,42,43,45)/p+1/t27-,40?/m1/s1. The zero-order valence-electron chi connectivity index (χ0n) is 25.5. The molecule has 0 saturated heterocycles. The monoisotopic (exact) mass is 643 g/mol. The number of nitrogens with one attached hydrogen (secondary N) is 1. The number of likely N-dealkylation sites (N-methyl/N-ethyl adjacent to an activating group) is 1. The molecule has 46 heavy (non-hydrogen) atoms. The second kappa shape index (κ2) is 13.6. The number of rotatable bonds is 12. The van der Waals surface area contributed by atoms with Crippen molar-refractivity contribution in [2.45, 2.75) is 38.4 Å². The minimum absolute atomic E-state index is 0.00541. The van der Waals surface area contributed by atoms with Crippen LogP contribution in [-0.2, 0) is 26.9 Å². The van der Waals surface area contributed by atoms with Gasteiger partial charge in [0.1, 0.15) is 6.04 Å². The fourth-order valence-corrected chi connectivity index (χ4v) is 5.94. The maximum absolute atomic E-state index is 13.6. The van der Waals surface area contributed by atoms with Crippen molar-refractivity contribution in [1.82, 2.24) is 14.8 Å². The maximum atomic E-state index is 13.6. The number of aromatic nitrogens is 3. The maximum Gasteiger partial charge on any atom is 0.416 e. The number of nitriles is 1. The molecule has 3 aromatic rings. The molecule has 2 heterocycles. The summed E-state index contributed by atoms with van der Waals surface area (Å²) >= 11 is 0. The van der Waals surface area contributed by atoms with Gasteiger partial charge in [-0.25, -0.2) is 24.0 Å². The molecular formula is C31H34F3N6O6+. The molecule has 2 aromatic carbocycles. The van der Waals surface area contributed by atoms with Crippen LogP contribution < -0.4 is 10.6 Å². The lowest BCUT2D eigenvalue weighted by Gasteiger charge is -2.36. The van der Waals surface area contributed by atoms with Crippen molar-refractivity contribution < 1.29 is 42.2 Å². The van der Waals surface area contributed by atoms with Crippen LogP contribution >= 0.6 is 0 Å². The second-order valence-corrected chi connectivity index (χ2v) is 11.3. The number of aliphatic hydroxyl groups excluding tert-OH is 1. The molecule has 3 N–H and O–H groups in total. The van der Waals surface area contributed by atoms with E-state index in [1.165, 1.54) is 30.0 Å². The lowest BCUT2D eigenvalue weighted by atomic mass is 9.88. The molecule has 1 unspecified atom stereocenters. The lowest BCUT2D eigenvalue weighted by molar-refractivity contribution is -0.903. The molecule has 1 aliphatic rings. The summed E-state index contributed by atoms with van der Waals surface area (Å²) in [6, 6.07) is 10.1. The smallest absolute Gasteiger partial charge is 0.416 e. The molecule has 0 fully saturated rings. The van der Waals surface area contributed by atoms with Gasteiger partial charge in [-0.05, 0) is 54.8 Å². The van der Waals surface area contributed by atoms with E-state index in [1.807, 2.05) is 0 Å². The largest absolute Gasteiger partial charge is 0.477 e. The molecule has 15 heteroatoms. The van der Waals surface area contributed by atoms with Crippen LogP contribution in [0.15, 0.2) is 58.5 Å². The van der Waals surface area contributed by atoms with Crippen LogP contribution in [-0.4, -0.2) is 81.8 Å². The zero-order chi connectivity index (χ0) is 33.8. The highest BCUT2D eigenvalue weighted by molar-refractivity contribution is 5.93. The number of ether oxygens (including phenoxy) is 1. The van der Waals surface area contributed by atoms with E-state index in [9.17, 15) is 43.0 Å². The van der Waals surface area contributed by atoms with Crippen molar-refractivity contribution in [3.8, 4) is 6.07 Å². The van der Waals surface area contributed by atoms with Crippen molar-refractivity contribution in [2.24, 2.45) is 0 Å².